The molecule has 3 unspecified atom stereocenters. The Morgan fingerprint density at radius 3 is 2.80 bits per heavy atom. The molecule has 0 amide bonds. The van der Waals surface area contributed by atoms with Gasteiger partial charge in [0.2, 0.25) is 0 Å². The lowest BCUT2D eigenvalue weighted by Gasteiger charge is -2.63. The minimum absolute atomic E-state index is 0.0284. The second kappa shape index (κ2) is 4.66. The smallest absolute Gasteiger partial charge is 0.151 e. The zero-order chi connectivity index (χ0) is 14.6. The van der Waals surface area contributed by atoms with E-state index in [2.05, 4.69) is 18.7 Å². The number of nitrogens with zero attached hydrogens (tertiary/aromatic N) is 1. The van der Waals surface area contributed by atoms with Gasteiger partial charge in [0.25, 0.3) is 0 Å². The maximum absolute atomic E-state index is 11.7. The second-order valence-corrected chi connectivity index (χ2v) is 9.53. The largest absolute Gasteiger partial charge is 0.377 e. The van der Waals surface area contributed by atoms with Gasteiger partial charge < -0.3 is 15.4 Å². The number of hydrogen-bond acceptors (Lipinski definition) is 5. The molecule has 20 heavy (non-hydrogen) atoms. The van der Waals surface area contributed by atoms with Crippen LogP contribution in [0.4, 0.5) is 0 Å². The molecule has 3 aliphatic rings. The van der Waals surface area contributed by atoms with Crippen LogP contribution in [-0.2, 0) is 14.6 Å². The van der Waals surface area contributed by atoms with Crippen LogP contribution in [0.15, 0.2) is 0 Å². The van der Waals surface area contributed by atoms with Crippen molar-refractivity contribution in [3.63, 3.8) is 0 Å². The molecule has 1 aliphatic carbocycles. The molecule has 2 N–H and O–H groups in total. The summed E-state index contributed by atoms with van der Waals surface area (Å²) >= 11 is 0. The Kier molecular flexibility index (Phi) is 3.44. The van der Waals surface area contributed by atoms with E-state index in [1.165, 1.54) is 0 Å². The molecule has 0 radical (unpaired) electrons. The summed E-state index contributed by atoms with van der Waals surface area (Å²) in [4.78, 5) is 2.25. The highest BCUT2D eigenvalue weighted by Crippen LogP contribution is 2.58. The second-order valence-electron chi connectivity index (χ2n) is 7.23. The lowest BCUT2D eigenvalue weighted by molar-refractivity contribution is -0.162. The Labute approximate surface area is 121 Å². The summed E-state index contributed by atoms with van der Waals surface area (Å²) in [6, 6.07) is 0. The molecule has 3 rings (SSSR count). The lowest BCUT2D eigenvalue weighted by atomic mass is 9.48. The van der Waals surface area contributed by atoms with E-state index in [-0.39, 0.29) is 22.8 Å². The van der Waals surface area contributed by atoms with E-state index < -0.39 is 9.84 Å². The molecule has 5 nitrogen and oxygen atoms in total. The van der Waals surface area contributed by atoms with Crippen LogP contribution in [0.25, 0.3) is 0 Å². The highest BCUT2D eigenvalue weighted by Gasteiger charge is 2.67. The van der Waals surface area contributed by atoms with Crippen molar-refractivity contribution in [2.45, 2.75) is 38.3 Å². The van der Waals surface area contributed by atoms with Crippen molar-refractivity contribution in [2.75, 3.05) is 37.7 Å². The first kappa shape index (κ1) is 14.8. The Morgan fingerprint density at radius 1 is 1.30 bits per heavy atom. The third-order valence-corrected chi connectivity index (χ3v) is 7.51. The highest BCUT2D eigenvalue weighted by atomic mass is 32.2. The van der Waals surface area contributed by atoms with Gasteiger partial charge in [0, 0.05) is 36.6 Å². The Bertz CT molecular complexity index is 491. The van der Waals surface area contributed by atoms with Crippen LogP contribution in [-0.4, -0.2) is 62.7 Å². The monoisotopic (exact) mass is 302 g/mol. The first-order valence-electron chi connectivity index (χ1n) is 7.59. The summed E-state index contributed by atoms with van der Waals surface area (Å²) in [6.07, 6.45) is 2.04. The van der Waals surface area contributed by atoms with Crippen LogP contribution < -0.4 is 5.73 Å². The topological polar surface area (TPSA) is 72.6 Å². The minimum Gasteiger partial charge on any atom is -0.377 e. The quantitative estimate of drug-likeness (QED) is 0.791. The van der Waals surface area contributed by atoms with Gasteiger partial charge in [-0.15, -0.1) is 0 Å². The van der Waals surface area contributed by atoms with Gasteiger partial charge in [0.05, 0.1) is 17.6 Å². The predicted molar refractivity (Wildman–Crippen MR) is 78.3 cm³/mol. The summed E-state index contributed by atoms with van der Waals surface area (Å²) in [5.74, 6) is 1.02. The van der Waals surface area contributed by atoms with E-state index in [9.17, 15) is 8.42 Å². The van der Waals surface area contributed by atoms with Crippen LogP contribution in [0.2, 0.25) is 0 Å². The average molecular weight is 302 g/mol. The van der Waals surface area contributed by atoms with Gasteiger partial charge in [-0.05, 0) is 19.4 Å². The van der Waals surface area contributed by atoms with E-state index >= 15 is 0 Å². The number of rotatable bonds is 2. The number of sulfone groups is 1. The molecule has 6 heteroatoms. The van der Waals surface area contributed by atoms with Crippen LogP contribution in [0.1, 0.15) is 26.7 Å². The first-order valence-corrected chi connectivity index (χ1v) is 9.42. The fourth-order valence-corrected chi connectivity index (χ4v) is 5.62. The zero-order valence-corrected chi connectivity index (χ0v) is 13.3. The predicted octanol–water partition coefficient (Wildman–Crippen LogP) is 0.249. The number of fused-ring (bicyclic) bond motifs is 1. The van der Waals surface area contributed by atoms with E-state index in [0.717, 1.165) is 32.5 Å². The van der Waals surface area contributed by atoms with Crippen molar-refractivity contribution in [1.82, 2.24) is 4.90 Å². The molecule has 3 fully saturated rings. The summed E-state index contributed by atoms with van der Waals surface area (Å²) < 4.78 is 29.2. The fourth-order valence-electron chi connectivity index (χ4n) is 4.31. The number of hydrogen-bond donors (Lipinski definition) is 1. The third-order valence-electron chi connectivity index (χ3n) is 5.80. The summed E-state index contributed by atoms with van der Waals surface area (Å²) in [5, 5.41) is 0. The van der Waals surface area contributed by atoms with Crippen LogP contribution in [0, 0.1) is 11.3 Å². The fraction of sp³-hybridized carbons (Fsp3) is 1.00. The van der Waals surface area contributed by atoms with E-state index in [0.29, 0.717) is 18.2 Å². The number of ether oxygens (including phenoxy) is 1. The van der Waals surface area contributed by atoms with Crippen molar-refractivity contribution in [2.24, 2.45) is 17.1 Å². The van der Waals surface area contributed by atoms with Gasteiger partial charge in [-0.3, -0.25) is 0 Å². The highest BCUT2D eigenvalue weighted by molar-refractivity contribution is 7.91. The first-order chi connectivity index (χ1) is 9.26. The molecule has 116 valence electrons. The van der Waals surface area contributed by atoms with Crippen molar-refractivity contribution in [1.29, 1.82) is 0 Å². The molecule has 0 aromatic rings. The molecule has 0 aromatic heterocycles. The van der Waals surface area contributed by atoms with Gasteiger partial charge in [0.1, 0.15) is 0 Å². The van der Waals surface area contributed by atoms with E-state index in [1.807, 2.05) is 0 Å². The summed E-state index contributed by atoms with van der Waals surface area (Å²) in [5.41, 5.74) is 6.47. The van der Waals surface area contributed by atoms with Crippen LogP contribution in [0.3, 0.4) is 0 Å². The van der Waals surface area contributed by atoms with Gasteiger partial charge in [-0.2, -0.15) is 0 Å². The average Bonchev–Trinajstić information content (AvgIpc) is 2.77. The minimum atomic E-state index is -2.85. The Morgan fingerprint density at radius 2 is 2.05 bits per heavy atom. The molecule has 0 spiro atoms. The van der Waals surface area contributed by atoms with Gasteiger partial charge in [0.15, 0.2) is 9.84 Å². The van der Waals surface area contributed by atoms with Crippen molar-refractivity contribution >= 4 is 9.84 Å². The molecular weight excluding hydrogens is 276 g/mol. The van der Waals surface area contributed by atoms with Gasteiger partial charge >= 0.3 is 0 Å². The normalized spacial score (nSPS) is 43.5. The molecule has 2 aliphatic heterocycles. The SMILES string of the molecule is CC1(C)C2OCCC2C1(N)CN1CCCS(=O)(=O)CC1. The van der Waals surface area contributed by atoms with Crippen LogP contribution in [0.5, 0.6) is 0 Å². The summed E-state index contributed by atoms with van der Waals surface area (Å²) in [7, 11) is -2.85. The molecule has 0 bridgehead atoms. The molecule has 2 heterocycles. The lowest BCUT2D eigenvalue weighted by Crippen LogP contribution is -2.78. The number of nitrogens with two attached hydrogens (primary N) is 1. The maximum Gasteiger partial charge on any atom is 0.151 e. The van der Waals surface area contributed by atoms with Crippen molar-refractivity contribution < 1.29 is 13.2 Å². The summed E-state index contributed by atoms with van der Waals surface area (Å²) in [6.45, 7) is 7.44. The zero-order valence-electron chi connectivity index (χ0n) is 12.5. The van der Waals surface area contributed by atoms with Crippen LogP contribution >= 0.6 is 0 Å². The molecule has 3 atom stereocenters. The van der Waals surface area contributed by atoms with Crippen molar-refractivity contribution in [3.8, 4) is 0 Å². The van der Waals surface area contributed by atoms with Gasteiger partial charge in [-0.1, -0.05) is 13.8 Å². The third kappa shape index (κ3) is 2.12. The maximum atomic E-state index is 11.7. The standard InChI is InChI=1S/C14H26N2O3S/c1-13(2)12-11(4-7-19-12)14(13,15)10-16-5-3-8-20(17,18)9-6-16/h11-12H,3-10,15H2,1-2H3. The molecule has 1 saturated carbocycles. The Balaban J connectivity index is 1.71. The van der Waals surface area contributed by atoms with E-state index in [1.54, 1.807) is 0 Å². The molecular formula is C14H26N2O3S. The van der Waals surface area contributed by atoms with E-state index in [4.69, 9.17) is 10.5 Å². The molecule has 2 saturated heterocycles. The molecule has 0 aromatic carbocycles. The van der Waals surface area contributed by atoms with Crippen molar-refractivity contribution in [3.05, 3.63) is 0 Å². The van der Waals surface area contributed by atoms with Gasteiger partial charge in [-0.25, -0.2) is 8.42 Å². The Hall–Kier alpha value is -0.170.